The average molecular weight is 344 g/mol. The number of anilines is 2. The summed E-state index contributed by atoms with van der Waals surface area (Å²) >= 11 is 0. The quantitative estimate of drug-likeness (QED) is 0.859. The fourth-order valence-electron chi connectivity index (χ4n) is 3.93. The second-order valence-electron chi connectivity index (χ2n) is 7.35. The summed E-state index contributed by atoms with van der Waals surface area (Å²) in [7, 11) is 0. The molecule has 1 atom stereocenters. The van der Waals surface area contributed by atoms with Crippen molar-refractivity contribution in [3.63, 3.8) is 0 Å². The minimum Gasteiger partial charge on any atom is -0.369 e. The highest BCUT2D eigenvalue weighted by atomic mass is 16.2. The van der Waals surface area contributed by atoms with Crippen molar-refractivity contribution in [1.82, 2.24) is 4.98 Å². The van der Waals surface area contributed by atoms with Gasteiger partial charge >= 0.3 is 0 Å². The van der Waals surface area contributed by atoms with Crippen molar-refractivity contribution >= 4 is 23.3 Å². The van der Waals surface area contributed by atoms with Crippen LogP contribution >= 0.6 is 0 Å². The molecule has 6 heteroatoms. The lowest BCUT2D eigenvalue weighted by Crippen LogP contribution is -2.41. The van der Waals surface area contributed by atoms with E-state index in [-0.39, 0.29) is 17.7 Å². The number of hydrogen-bond donors (Lipinski definition) is 2. The number of pyridine rings is 1. The van der Waals surface area contributed by atoms with Crippen LogP contribution in [0.1, 0.15) is 51.4 Å². The van der Waals surface area contributed by atoms with Crippen LogP contribution < -0.4 is 16.0 Å². The zero-order chi connectivity index (χ0) is 17.6. The van der Waals surface area contributed by atoms with Gasteiger partial charge in [-0.15, -0.1) is 0 Å². The van der Waals surface area contributed by atoms with Crippen LogP contribution in [0.4, 0.5) is 11.5 Å². The van der Waals surface area contributed by atoms with Gasteiger partial charge in [0.05, 0.1) is 17.8 Å². The van der Waals surface area contributed by atoms with Crippen molar-refractivity contribution in [3.8, 4) is 0 Å². The molecule has 25 heavy (non-hydrogen) atoms. The van der Waals surface area contributed by atoms with Gasteiger partial charge in [0, 0.05) is 19.5 Å². The number of nitrogens with two attached hydrogens (primary N) is 1. The largest absolute Gasteiger partial charge is 0.369 e. The summed E-state index contributed by atoms with van der Waals surface area (Å²) < 4.78 is 0. The minimum atomic E-state index is -0.240. The van der Waals surface area contributed by atoms with Crippen molar-refractivity contribution in [3.05, 3.63) is 18.3 Å². The number of aromatic nitrogens is 1. The molecule has 0 bridgehead atoms. The molecule has 1 saturated heterocycles. The molecule has 2 fully saturated rings. The predicted molar refractivity (Wildman–Crippen MR) is 98.2 cm³/mol. The molecular formula is C19H28N4O2. The van der Waals surface area contributed by atoms with E-state index in [1.165, 1.54) is 32.1 Å². The number of rotatable bonds is 5. The molecule has 1 aromatic heterocycles. The Morgan fingerprint density at radius 1 is 1.16 bits per heavy atom. The van der Waals surface area contributed by atoms with Crippen LogP contribution in [-0.2, 0) is 9.59 Å². The molecule has 0 aromatic carbocycles. The average Bonchev–Trinajstić information content (AvgIpc) is 2.63. The summed E-state index contributed by atoms with van der Waals surface area (Å²) in [6.45, 7) is 1.50. The highest BCUT2D eigenvalue weighted by Crippen LogP contribution is 2.27. The number of primary amides is 1. The normalized spacial score (nSPS) is 21.8. The first-order valence-electron chi connectivity index (χ1n) is 9.42. The van der Waals surface area contributed by atoms with E-state index in [4.69, 9.17) is 5.73 Å². The SMILES string of the molecule is NC(=O)C1CCCN(c2ccc(NC(=O)CC3CCCCC3)cn2)C1. The number of carbonyl (C=O) groups is 2. The lowest BCUT2D eigenvalue weighted by atomic mass is 9.87. The summed E-state index contributed by atoms with van der Waals surface area (Å²) in [6.07, 6.45) is 10.2. The standard InChI is InChI=1S/C19H28N4O2/c20-19(25)15-7-4-10-23(13-15)17-9-8-16(12-21-17)22-18(24)11-14-5-2-1-3-6-14/h8-9,12,14-15H,1-7,10-11,13H2,(H2,20,25)(H,22,24). The smallest absolute Gasteiger partial charge is 0.224 e. The number of nitrogens with one attached hydrogen (secondary N) is 1. The Bertz CT molecular complexity index is 596. The van der Waals surface area contributed by atoms with Gasteiger partial charge in [-0.1, -0.05) is 19.3 Å². The summed E-state index contributed by atoms with van der Waals surface area (Å²) in [5.41, 5.74) is 6.16. The summed E-state index contributed by atoms with van der Waals surface area (Å²) in [5.74, 6) is 1.09. The topological polar surface area (TPSA) is 88.3 Å². The van der Waals surface area contributed by atoms with Crippen LogP contribution in [0.15, 0.2) is 18.3 Å². The van der Waals surface area contributed by atoms with E-state index in [2.05, 4.69) is 15.2 Å². The number of carbonyl (C=O) groups excluding carboxylic acids is 2. The van der Waals surface area contributed by atoms with Crippen LogP contribution in [0.3, 0.4) is 0 Å². The third kappa shape index (κ3) is 4.94. The first-order chi connectivity index (χ1) is 12.1. The summed E-state index contributed by atoms with van der Waals surface area (Å²) in [5, 5.41) is 2.95. The molecule has 2 aliphatic rings. The Balaban J connectivity index is 1.53. The molecule has 1 aliphatic carbocycles. The van der Waals surface area contributed by atoms with Crippen molar-refractivity contribution < 1.29 is 9.59 Å². The van der Waals surface area contributed by atoms with Crippen LogP contribution in [0.5, 0.6) is 0 Å². The Morgan fingerprint density at radius 3 is 2.64 bits per heavy atom. The third-order valence-electron chi connectivity index (χ3n) is 5.38. The molecule has 0 spiro atoms. The molecule has 0 radical (unpaired) electrons. The van der Waals surface area contributed by atoms with Gasteiger partial charge in [0.1, 0.15) is 5.82 Å². The third-order valence-corrected chi connectivity index (χ3v) is 5.38. The molecule has 136 valence electrons. The van der Waals surface area contributed by atoms with Crippen LogP contribution in [0.2, 0.25) is 0 Å². The number of amides is 2. The van der Waals surface area contributed by atoms with Gasteiger partial charge in [-0.3, -0.25) is 9.59 Å². The maximum absolute atomic E-state index is 12.2. The van der Waals surface area contributed by atoms with Crippen LogP contribution in [0, 0.1) is 11.8 Å². The van der Waals surface area contributed by atoms with Gasteiger partial charge in [0.25, 0.3) is 0 Å². The van der Waals surface area contributed by atoms with Gasteiger partial charge in [-0.2, -0.15) is 0 Å². The van der Waals surface area contributed by atoms with Crippen molar-refractivity contribution in [2.24, 2.45) is 17.6 Å². The van der Waals surface area contributed by atoms with E-state index >= 15 is 0 Å². The van der Waals surface area contributed by atoms with Crippen molar-refractivity contribution in [2.45, 2.75) is 51.4 Å². The highest BCUT2D eigenvalue weighted by molar-refractivity contribution is 5.90. The number of nitrogens with zero attached hydrogens (tertiary/aromatic N) is 2. The van der Waals surface area contributed by atoms with Crippen LogP contribution in [-0.4, -0.2) is 29.9 Å². The van der Waals surface area contributed by atoms with E-state index in [1.807, 2.05) is 12.1 Å². The van der Waals surface area contributed by atoms with Gasteiger partial charge in [0.2, 0.25) is 11.8 Å². The van der Waals surface area contributed by atoms with E-state index < -0.39 is 0 Å². The Kier molecular flexibility index (Phi) is 5.89. The molecule has 2 heterocycles. The predicted octanol–water partition coefficient (Wildman–Crippen LogP) is 2.69. The molecular weight excluding hydrogens is 316 g/mol. The zero-order valence-electron chi connectivity index (χ0n) is 14.7. The summed E-state index contributed by atoms with van der Waals surface area (Å²) in [4.78, 5) is 30.1. The maximum atomic E-state index is 12.2. The molecule has 2 amide bonds. The summed E-state index contributed by atoms with van der Waals surface area (Å²) in [6, 6.07) is 3.79. The maximum Gasteiger partial charge on any atom is 0.224 e. The van der Waals surface area contributed by atoms with Crippen LogP contribution in [0.25, 0.3) is 0 Å². The monoisotopic (exact) mass is 344 g/mol. The lowest BCUT2D eigenvalue weighted by molar-refractivity contribution is -0.122. The van der Waals surface area contributed by atoms with E-state index in [9.17, 15) is 9.59 Å². The molecule has 1 aliphatic heterocycles. The molecule has 1 unspecified atom stereocenters. The molecule has 1 saturated carbocycles. The van der Waals surface area contributed by atoms with Gasteiger partial charge in [-0.05, 0) is 43.7 Å². The van der Waals surface area contributed by atoms with E-state index in [0.717, 1.165) is 30.9 Å². The lowest BCUT2D eigenvalue weighted by Gasteiger charge is -2.32. The van der Waals surface area contributed by atoms with E-state index in [0.29, 0.717) is 18.9 Å². The van der Waals surface area contributed by atoms with Gasteiger partial charge in [0.15, 0.2) is 0 Å². The highest BCUT2D eigenvalue weighted by Gasteiger charge is 2.24. The minimum absolute atomic E-state index is 0.0771. The second kappa shape index (κ2) is 8.32. The Morgan fingerprint density at radius 2 is 1.96 bits per heavy atom. The van der Waals surface area contributed by atoms with Crippen molar-refractivity contribution in [1.29, 1.82) is 0 Å². The molecule has 6 nitrogen and oxygen atoms in total. The number of piperidine rings is 1. The fraction of sp³-hybridized carbons (Fsp3) is 0.632. The fourth-order valence-corrected chi connectivity index (χ4v) is 3.93. The van der Waals surface area contributed by atoms with Gasteiger partial charge < -0.3 is 16.0 Å². The first-order valence-corrected chi connectivity index (χ1v) is 9.42. The molecule has 3 rings (SSSR count). The number of hydrogen-bond acceptors (Lipinski definition) is 4. The second-order valence-corrected chi connectivity index (χ2v) is 7.35. The molecule has 3 N–H and O–H groups in total. The zero-order valence-corrected chi connectivity index (χ0v) is 14.7. The van der Waals surface area contributed by atoms with Crippen molar-refractivity contribution in [2.75, 3.05) is 23.3 Å². The van der Waals surface area contributed by atoms with Gasteiger partial charge in [-0.25, -0.2) is 4.98 Å². The van der Waals surface area contributed by atoms with E-state index in [1.54, 1.807) is 6.20 Å². The first kappa shape index (κ1) is 17.7. The Hall–Kier alpha value is -2.11. The Labute approximate surface area is 149 Å². The molecule has 1 aromatic rings.